The summed E-state index contributed by atoms with van der Waals surface area (Å²) < 4.78 is 0. The van der Waals surface area contributed by atoms with E-state index in [0.717, 1.165) is 6.42 Å². The minimum Gasteiger partial charge on any atom is -0.481 e. The predicted molar refractivity (Wildman–Crippen MR) is 66.3 cm³/mol. The molecule has 6 heteroatoms. The molecule has 0 aliphatic carbocycles. The van der Waals surface area contributed by atoms with Crippen LogP contribution in [-0.4, -0.2) is 22.5 Å². The molecular formula is C12H16N2O4. The summed E-state index contributed by atoms with van der Waals surface area (Å²) in [6.45, 7) is 1.07. The normalized spacial score (nSPS) is 10.2. The maximum Gasteiger partial charge on any atom is 0.303 e. The van der Waals surface area contributed by atoms with Crippen molar-refractivity contribution >= 4 is 11.7 Å². The summed E-state index contributed by atoms with van der Waals surface area (Å²) in [7, 11) is 0. The number of aliphatic carboxylic acids is 1. The van der Waals surface area contributed by atoms with E-state index in [1.54, 1.807) is 18.2 Å². The van der Waals surface area contributed by atoms with E-state index >= 15 is 0 Å². The number of nitro groups is 1. The number of hydrogen-bond donors (Lipinski definition) is 2. The molecule has 18 heavy (non-hydrogen) atoms. The molecule has 0 aliphatic rings. The lowest BCUT2D eigenvalue weighted by Crippen LogP contribution is -2.15. The van der Waals surface area contributed by atoms with Crippen LogP contribution in [-0.2, 0) is 11.3 Å². The van der Waals surface area contributed by atoms with E-state index in [2.05, 4.69) is 5.32 Å². The summed E-state index contributed by atoms with van der Waals surface area (Å²) in [5.41, 5.74) is 0.747. The molecule has 1 aromatic carbocycles. The van der Waals surface area contributed by atoms with E-state index < -0.39 is 10.9 Å². The maximum atomic E-state index is 10.7. The highest BCUT2D eigenvalue weighted by Crippen LogP contribution is 2.16. The Hall–Kier alpha value is -1.95. The smallest absolute Gasteiger partial charge is 0.303 e. The van der Waals surface area contributed by atoms with Gasteiger partial charge in [-0.3, -0.25) is 14.9 Å². The topological polar surface area (TPSA) is 92.5 Å². The molecule has 0 heterocycles. The van der Waals surface area contributed by atoms with Gasteiger partial charge in [-0.1, -0.05) is 18.2 Å². The molecule has 0 aliphatic heterocycles. The molecule has 0 unspecified atom stereocenters. The van der Waals surface area contributed by atoms with Crippen LogP contribution in [0, 0.1) is 10.1 Å². The van der Waals surface area contributed by atoms with Crippen LogP contribution in [0.2, 0.25) is 0 Å². The predicted octanol–water partition coefficient (Wildman–Crippen LogP) is 1.94. The van der Waals surface area contributed by atoms with Gasteiger partial charge in [0, 0.05) is 24.6 Å². The highest BCUT2D eigenvalue weighted by Gasteiger charge is 2.10. The van der Waals surface area contributed by atoms with Gasteiger partial charge in [0.25, 0.3) is 5.69 Å². The second kappa shape index (κ2) is 7.39. The maximum absolute atomic E-state index is 10.7. The Balaban J connectivity index is 2.31. The van der Waals surface area contributed by atoms with Crippen LogP contribution < -0.4 is 5.32 Å². The van der Waals surface area contributed by atoms with Gasteiger partial charge in [0.05, 0.1) is 4.92 Å². The van der Waals surface area contributed by atoms with Gasteiger partial charge in [-0.15, -0.1) is 0 Å². The average Bonchev–Trinajstić information content (AvgIpc) is 2.33. The van der Waals surface area contributed by atoms with E-state index in [1.165, 1.54) is 6.07 Å². The molecule has 6 nitrogen and oxygen atoms in total. The Kier molecular flexibility index (Phi) is 5.79. The first-order chi connectivity index (χ1) is 8.61. The molecule has 1 rings (SSSR count). The van der Waals surface area contributed by atoms with Crippen molar-refractivity contribution in [3.8, 4) is 0 Å². The van der Waals surface area contributed by atoms with Gasteiger partial charge < -0.3 is 10.4 Å². The Bertz CT molecular complexity index is 420. The molecule has 2 N–H and O–H groups in total. The zero-order valence-electron chi connectivity index (χ0n) is 9.96. The number of para-hydroxylation sites is 1. The third-order valence-electron chi connectivity index (χ3n) is 2.50. The molecule has 0 atom stereocenters. The second-order valence-electron chi connectivity index (χ2n) is 3.91. The quantitative estimate of drug-likeness (QED) is 0.419. The zero-order valence-corrected chi connectivity index (χ0v) is 9.96. The van der Waals surface area contributed by atoms with Crippen molar-refractivity contribution in [3.63, 3.8) is 0 Å². The average molecular weight is 252 g/mol. The standard InChI is InChI=1S/C12H16N2O4/c15-12(16)7-3-4-8-13-9-10-5-1-2-6-11(10)14(17)18/h1-2,5-6,13H,3-4,7-9H2,(H,15,16). The number of rotatable bonds is 8. The number of hydrogen-bond acceptors (Lipinski definition) is 4. The van der Waals surface area contributed by atoms with Crippen molar-refractivity contribution in [3.05, 3.63) is 39.9 Å². The van der Waals surface area contributed by atoms with Crippen LogP contribution in [0.25, 0.3) is 0 Å². The first-order valence-electron chi connectivity index (χ1n) is 5.76. The van der Waals surface area contributed by atoms with Crippen molar-refractivity contribution in [1.29, 1.82) is 0 Å². The minimum atomic E-state index is -0.798. The summed E-state index contributed by atoms with van der Waals surface area (Å²) in [4.78, 5) is 20.6. The van der Waals surface area contributed by atoms with E-state index in [0.29, 0.717) is 25.1 Å². The van der Waals surface area contributed by atoms with Gasteiger partial charge in [-0.25, -0.2) is 0 Å². The van der Waals surface area contributed by atoms with E-state index in [9.17, 15) is 14.9 Å². The monoisotopic (exact) mass is 252 g/mol. The van der Waals surface area contributed by atoms with Crippen LogP contribution in [0.5, 0.6) is 0 Å². The SMILES string of the molecule is O=C(O)CCCCNCc1ccccc1[N+](=O)[O-]. The van der Waals surface area contributed by atoms with Crippen molar-refractivity contribution in [2.75, 3.05) is 6.54 Å². The van der Waals surface area contributed by atoms with Crippen molar-refractivity contribution in [2.24, 2.45) is 0 Å². The van der Waals surface area contributed by atoms with Crippen LogP contribution in [0.4, 0.5) is 5.69 Å². The molecule has 0 aromatic heterocycles. The number of nitrogens with zero attached hydrogens (tertiary/aromatic N) is 1. The van der Waals surface area contributed by atoms with Crippen LogP contribution >= 0.6 is 0 Å². The van der Waals surface area contributed by atoms with Gasteiger partial charge >= 0.3 is 5.97 Å². The molecular weight excluding hydrogens is 236 g/mol. The Labute approximate surface area is 105 Å². The molecule has 0 fully saturated rings. The molecule has 0 spiro atoms. The van der Waals surface area contributed by atoms with Gasteiger partial charge in [0.15, 0.2) is 0 Å². The Morgan fingerprint density at radius 2 is 2.06 bits per heavy atom. The van der Waals surface area contributed by atoms with Crippen molar-refractivity contribution < 1.29 is 14.8 Å². The fraction of sp³-hybridized carbons (Fsp3) is 0.417. The fourth-order valence-corrected chi connectivity index (χ4v) is 1.59. The summed E-state index contributed by atoms with van der Waals surface area (Å²) in [5.74, 6) is -0.798. The summed E-state index contributed by atoms with van der Waals surface area (Å²) in [5, 5.41) is 22.3. The lowest BCUT2D eigenvalue weighted by atomic mass is 10.2. The lowest BCUT2D eigenvalue weighted by molar-refractivity contribution is -0.385. The number of carboxylic acids is 1. The first kappa shape index (κ1) is 14.1. The summed E-state index contributed by atoms with van der Waals surface area (Å²) in [6.07, 6.45) is 1.51. The van der Waals surface area contributed by atoms with Gasteiger partial charge in [0.1, 0.15) is 0 Å². The van der Waals surface area contributed by atoms with E-state index in [-0.39, 0.29) is 12.1 Å². The fourth-order valence-electron chi connectivity index (χ4n) is 1.59. The molecule has 0 radical (unpaired) electrons. The number of nitro benzene ring substituents is 1. The molecule has 98 valence electrons. The van der Waals surface area contributed by atoms with E-state index in [4.69, 9.17) is 5.11 Å². The highest BCUT2D eigenvalue weighted by molar-refractivity contribution is 5.66. The molecule has 0 saturated carbocycles. The molecule has 1 aromatic rings. The van der Waals surface area contributed by atoms with Crippen LogP contribution in [0.3, 0.4) is 0 Å². The van der Waals surface area contributed by atoms with Gasteiger partial charge in [-0.05, 0) is 19.4 Å². The molecule has 0 amide bonds. The number of benzene rings is 1. The number of nitrogens with one attached hydrogen (secondary N) is 1. The first-order valence-corrected chi connectivity index (χ1v) is 5.76. The molecule has 0 bridgehead atoms. The van der Waals surface area contributed by atoms with Gasteiger partial charge in [0.2, 0.25) is 0 Å². The third kappa shape index (κ3) is 4.92. The Morgan fingerprint density at radius 3 is 2.72 bits per heavy atom. The van der Waals surface area contributed by atoms with Crippen molar-refractivity contribution in [1.82, 2.24) is 5.32 Å². The molecule has 0 saturated heterocycles. The lowest BCUT2D eigenvalue weighted by Gasteiger charge is -2.05. The van der Waals surface area contributed by atoms with E-state index in [1.807, 2.05) is 0 Å². The summed E-state index contributed by atoms with van der Waals surface area (Å²) >= 11 is 0. The Morgan fingerprint density at radius 1 is 1.33 bits per heavy atom. The summed E-state index contributed by atoms with van der Waals surface area (Å²) in [6, 6.07) is 6.58. The number of unbranched alkanes of at least 4 members (excludes halogenated alkanes) is 1. The number of carbonyl (C=O) groups is 1. The van der Waals surface area contributed by atoms with Crippen LogP contribution in [0.15, 0.2) is 24.3 Å². The zero-order chi connectivity index (χ0) is 13.4. The second-order valence-corrected chi connectivity index (χ2v) is 3.91. The number of carboxylic acid groups (broad SMARTS) is 1. The third-order valence-corrected chi connectivity index (χ3v) is 2.50. The van der Waals surface area contributed by atoms with Crippen molar-refractivity contribution in [2.45, 2.75) is 25.8 Å². The largest absolute Gasteiger partial charge is 0.481 e. The highest BCUT2D eigenvalue weighted by atomic mass is 16.6. The van der Waals surface area contributed by atoms with Crippen LogP contribution in [0.1, 0.15) is 24.8 Å². The minimum absolute atomic E-state index is 0.107. The van der Waals surface area contributed by atoms with Gasteiger partial charge in [-0.2, -0.15) is 0 Å².